The zero-order valence-corrected chi connectivity index (χ0v) is 13.6. The number of hydrogen-bond donors (Lipinski definition) is 2. The molecule has 1 aromatic carbocycles. The number of halogens is 1. The summed E-state index contributed by atoms with van der Waals surface area (Å²) in [6.07, 6.45) is 4.07. The van der Waals surface area contributed by atoms with E-state index in [1.807, 2.05) is 18.2 Å². The minimum atomic E-state index is -0.764. The van der Waals surface area contributed by atoms with Gasteiger partial charge in [0, 0.05) is 10.2 Å². The molecule has 2 rings (SSSR count). The average Bonchev–Trinajstić information content (AvgIpc) is 2.36. The van der Waals surface area contributed by atoms with Gasteiger partial charge in [-0.3, -0.25) is 4.79 Å². The van der Waals surface area contributed by atoms with Gasteiger partial charge in [-0.15, -0.1) is 0 Å². The largest absolute Gasteiger partial charge is 0.481 e. The summed E-state index contributed by atoms with van der Waals surface area (Å²) < 4.78 is 0.775. The molecule has 0 radical (unpaired) electrons. The number of nitrogen functional groups attached to an aromatic ring is 1. The Morgan fingerprint density at radius 2 is 2.00 bits per heavy atom. The second-order valence-electron chi connectivity index (χ2n) is 6.56. The summed E-state index contributed by atoms with van der Waals surface area (Å²) >= 11 is 3.39. The van der Waals surface area contributed by atoms with Crippen molar-refractivity contribution in [3.8, 4) is 0 Å². The van der Waals surface area contributed by atoms with Crippen LogP contribution in [0.1, 0.15) is 51.0 Å². The minimum Gasteiger partial charge on any atom is -0.481 e. The Balaban J connectivity index is 2.29. The summed E-state index contributed by atoms with van der Waals surface area (Å²) in [6.45, 7) is 4.51. The number of rotatable bonds is 3. The van der Waals surface area contributed by atoms with Crippen molar-refractivity contribution in [1.82, 2.24) is 0 Å². The second-order valence-corrected chi connectivity index (χ2v) is 7.41. The van der Waals surface area contributed by atoms with Crippen LogP contribution in [-0.2, 0) is 4.79 Å². The van der Waals surface area contributed by atoms with E-state index in [2.05, 4.69) is 29.8 Å². The molecule has 1 aromatic rings. The highest BCUT2D eigenvalue weighted by atomic mass is 79.9. The lowest BCUT2D eigenvalue weighted by Gasteiger charge is -2.37. The lowest BCUT2D eigenvalue weighted by molar-refractivity contribution is -0.140. The summed E-state index contributed by atoms with van der Waals surface area (Å²) in [5, 5.41) is 9.65. The standard InChI is InChI=1S/C16H22BrNO2/c1-16(2)8-6-10(7-9-16)13(15(19)20)11-4-3-5-12(17)14(11)18/h3-5,10,13H,6-9,18H2,1-2H3,(H,19,20). The SMILES string of the molecule is CC1(C)CCC(C(C(=O)O)c2cccc(Br)c2N)CC1. The number of carbonyl (C=O) groups is 1. The van der Waals surface area contributed by atoms with Gasteiger partial charge in [-0.25, -0.2) is 0 Å². The highest BCUT2D eigenvalue weighted by Gasteiger charge is 2.36. The van der Waals surface area contributed by atoms with Crippen molar-refractivity contribution in [1.29, 1.82) is 0 Å². The molecule has 0 saturated heterocycles. The van der Waals surface area contributed by atoms with Crippen LogP contribution in [0, 0.1) is 11.3 Å². The Hall–Kier alpha value is -1.03. The minimum absolute atomic E-state index is 0.178. The van der Waals surface area contributed by atoms with E-state index < -0.39 is 11.9 Å². The Kier molecular flexibility index (Phi) is 4.43. The highest BCUT2D eigenvalue weighted by Crippen LogP contribution is 2.45. The monoisotopic (exact) mass is 339 g/mol. The first-order valence-corrected chi connectivity index (χ1v) is 7.88. The molecule has 20 heavy (non-hydrogen) atoms. The number of nitrogens with two attached hydrogens (primary N) is 1. The van der Waals surface area contributed by atoms with E-state index in [4.69, 9.17) is 5.73 Å². The fourth-order valence-electron chi connectivity index (χ4n) is 3.17. The molecule has 1 fully saturated rings. The maximum absolute atomic E-state index is 11.8. The fourth-order valence-corrected chi connectivity index (χ4v) is 3.55. The number of hydrogen-bond acceptors (Lipinski definition) is 2. The zero-order chi connectivity index (χ0) is 14.9. The number of carboxylic acid groups (broad SMARTS) is 1. The molecule has 0 aliphatic heterocycles. The molecule has 0 bridgehead atoms. The molecular weight excluding hydrogens is 318 g/mol. The van der Waals surface area contributed by atoms with Crippen LogP contribution in [0.5, 0.6) is 0 Å². The van der Waals surface area contributed by atoms with E-state index in [1.54, 1.807) is 0 Å². The maximum atomic E-state index is 11.8. The van der Waals surface area contributed by atoms with Gasteiger partial charge in [0.15, 0.2) is 0 Å². The van der Waals surface area contributed by atoms with E-state index in [1.165, 1.54) is 0 Å². The van der Waals surface area contributed by atoms with Gasteiger partial charge in [-0.2, -0.15) is 0 Å². The van der Waals surface area contributed by atoms with Gasteiger partial charge in [0.25, 0.3) is 0 Å². The van der Waals surface area contributed by atoms with Crippen LogP contribution in [0.25, 0.3) is 0 Å². The molecule has 0 aromatic heterocycles. The van der Waals surface area contributed by atoms with E-state index in [-0.39, 0.29) is 5.92 Å². The van der Waals surface area contributed by atoms with Gasteiger partial charge in [0.2, 0.25) is 0 Å². The normalized spacial score (nSPS) is 20.6. The highest BCUT2D eigenvalue weighted by molar-refractivity contribution is 9.10. The predicted octanol–water partition coefficient (Wildman–Crippen LogP) is 4.42. The first-order valence-electron chi connectivity index (χ1n) is 7.08. The summed E-state index contributed by atoms with van der Waals surface area (Å²) in [5.74, 6) is -1.08. The number of carboxylic acids is 1. The maximum Gasteiger partial charge on any atom is 0.311 e. The predicted molar refractivity (Wildman–Crippen MR) is 84.7 cm³/mol. The van der Waals surface area contributed by atoms with Gasteiger partial charge >= 0.3 is 5.97 Å². The molecule has 110 valence electrons. The first-order chi connectivity index (χ1) is 9.32. The van der Waals surface area contributed by atoms with Gasteiger partial charge in [0.05, 0.1) is 5.92 Å². The quantitative estimate of drug-likeness (QED) is 0.801. The molecule has 1 aliphatic rings. The average molecular weight is 340 g/mol. The van der Waals surface area contributed by atoms with Crippen LogP contribution in [0.15, 0.2) is 22.7 Å². The molecule has 4 heteroatoms. The summed E-state index contributed by atoms with van der Waals surface area (Å²) in [6, 6.07) is 5.55. The second kappa shape index (κ2) is 5.76. The molecule has 0 amide bonds. The Bertz CT molecular complexity index is 503. The topological polar surface area (TPSA) is 63.3 Å². The van der Waals surface area contributed by atoms with Crippen molar-refractivity contribution in [2.24, 2.45) is 11.3 Å². The van der Waals surface area contributed by atoms with Crippen molar-refractivity contribution in [3.05, 3.63) is 28.2 Å². The van der Waals surface area contributed by atoms with Crippen LogP contribution in [0.2, 0.25) is 0 Å². The molecule has 1 atom stereocenters. The van der Waals surface area contributed by atoms with E-state index in [0.717, 1.165) is 35.7 Å². The number of aliphatic carboxylic acids is 1. The Morgan fingerprint density at radius 1 is 1.40 bits per heavy atom. The Morgan fingerprint density at radius 3 is 2.55 bits per heavy atom. The number of para-hydroxylation sites is 1. The van der Waals surface area contributed by atoms with Gasteiger partial charge in [-0.05, 0) is 64.6 Å². The molecule has 3 N–H and O–H groups in total. The molecule has 1 saturated carbocycles. The van der Waals surface area contributed by atoms with E-state index in [0.29, 0.717) is 11.1 Å². The Labute approximate surface area is 128 Å². The van der Waals surface area contributed by atoms with Crippen LogP contribution in [0.3, 0.4) is 0 Å². The molecular formula is C16H22BrNO2. The first kappa shape index (κ1) is 15.4. The van der Waals surface area contributed by atoms with Crippen molar-refractivity contribution in [3.63, 3.8) is 0 Å². The molecule has 1 aliphatic carbocycles. The third-order valence-corrected chi connectivity index (χ3v) is 5.23. The van der Waals surface area contributed by atoms with Crippen LogP contribution < -0.4 is 5.73 Å². The zero-order valence-electron chi connectivity index (χ0n) is 12.0. The smallest absolute Gasteiger partial charge is 0.311 e. The van der Waals surface area contributed by atoms with Gasteiger partial charge in [-0.1, -0.05) is 26.0 Å². The van der Waals surface area contributed by atoms with E-state index in [9.17, 15) is 9.90 Å². The molecule has 0 spiro atoms. The van der Waals surface area contributed by atoms with Crippen LogP contribution in [-0.4, -0.2) is 11.1 Å². The number of anilines is 1. The van der Waals surface area contributed by atoms with Crippen molar-refractivity contribution >= 4 is 27.6 Å². The van der Waals surface area contributed by atoms with Crippen molar-refractivity contribution in [2.45, 2.75) is 45.4 Å². The van der Waals surface area contributed by atoms with Gasteiger partial charge in [0.1, 0.15) is 0 Å². The summed E-state index contributed by atoms with van der Waals surface area (Å²) in [5.41, 5.74) is 7.71. The lowest BCUT2D eigenvalue weighted by Crippen LogP contribution is -2.29. The number of benzene rings is 1. The third-order valence-electron chi connectivity index (χ3n) is 4.54. The van der Waals surface area contributed by atoms with Crippen molar-refractivity contribution < 1.29 is 9.90 Å². The fraction of sp³-hybridized carbons (Fsp3) is 0.562. The molecule has 3 nitrogen and oxygen atoms in total. The van der Waals surface area contributed by atoms with Crippen molar-refractivity contribution in [2.75, 3.05) is 5.73 Å². The van der Waals surface area contributed by atoms with Gasteiger partial charge < -0.3 is 10.8 Å². The van der Waals surface area contributed by atoms with E-state index >= 15 is 0 Å². The van der Waals surface area contributed by atoms with Crippen LogP contribution >= 0.6 is 15.9 Å². The third kappa shape index (κ3) is 3.17. The lowest BCUT2D eigenvalue weighted by atomic mass is 9.68. The summed E-state index contributed by atoms with van der Waals surface area (Å²) in [7, 11) is 0. The molecule has 0 heterocycles. The molecule has 1 unspecified atom stereocenters. The van der Waals surface area contributed by atoms with Crippen LogP contribution in [0.4, 0.5) is 5.69 Å². The summed E-state index contributed by atoms with van der Waals surface area (Å²) in [4.78, 5) is 11.8.